The van der Waals surface area contributed by atoms with Crippen LogP contribution in [0, 0.1) is 5.92 Å². The van der Waals surface area contributed by atoms with E-state index >= 15 is 0 Å². The molecule has 0 aliphatic heterocycles. The van der Waals surface area contributed by atoms with Crippen LogP contribution in [0.25, 0.3) is 0 Å². The Labute approximate surface area is 105 Å². The molecule has 1 aromatic heterocycles. The predicted octanol–water partition coefficient (Wildman–Crippen LogP) is 0.727. The lowest BCUT2D eigenvalue weighted by Gasteiger charge is -2.23. The molecule has 0 saturated carbocycles. The summed E-state index contributed by atoms with van der Waals surface area (Å²) < 4.78 is 0. The number of hydrogen-bond donors (Lipinski definition) is 2. The van der Waals surface area contributed by atoms with Crippen molar-refractivity contribution in [2.24, 2.45) is 11.7 Å². The van der Waals surface area contributed by atoms with Gasteiger partial charge in [-0.1, -0.05) is 19.9 Å². The summed E-state index contributed by atoms with van der Waals surface area (Å²) in [5.74, 6) is -0.843. The maximum absolute atomic E-state index is 11.0. The van der Waals surface area contributed by atoms with Gasteiger partial charge < -0.3 is 15.7 Å². The lowest BCUT2D eigenvalue weighted by Crippen LogP contribution is -2.34. The molecule has 0 spiro atoms. The van der Waals surface area contributed by atoms with Gasteiger partial charge in [0.15, 0.2) is 0 Å². The van der Waals surface area contributed by atoms with Crippen LogP contribution in [0.2, 0.25) is 0 Å². The van der Waals surface area contributed by atoms with Crippen LogP contribution in [-0.2, 0) is 4.79 Å². The SMILES string of the molecule is CC(C)CN(CC(=O)O)c1cccc(C(N)=O)n1. The number of carbonyl (C=O) groups excluding carboxylic acids is 1. The van der Waals surface area contributed by atoms with Crippen molar-refractivity contribution >= 4 is 17.7 Å². The van der Waals surface area contributed by atoms with Gasteiger partial charge in [-0.2, -0.15) is 0 Å². The van der Waals surface area contributed by atoms with Gasteiger partial charge in [-0.15, -0.1) is 0 Å². The van der Waals surface area contributed by atoms with E-state index in [2.05, 4.69) is 4.98 Å². The molecule has 1 aromatic rings. The molecule has 6 heteroatoms. The highest BCUT2D eigenvalue weighted by Crippen LogP contribution is 2.13. The fourth-order valence-electron chi connectivity index (χ4n) is 1.58. The van der Waals surface area contributed by atoms with Crippen molar-refractivity contribution in [3.8, 4) is 0 Å². The third kappa shape index (κ3) is 4.04. The topological polar surface area (TPSA) is 96.5 Å². The molecule has 0 bridgehead atoms. The molecule has 98 valence electrons. The minimum absolute atomic E-state index is 0.131. The van der Waals surface area contributed by atoms with E-state index < -0.39 is 11.9 Å². The summed E-state index contributed by atoms with van der Waals surface area (Å²) >= 11 is 0. The molecule has 1 amide bonds. The number of hydrogen-bond acceptors (Lipinski definition) is 4. The van der Waals surface area contributed by atoms with Crippen molar-refractivity contribution in [2.75, 3.05) is 18.0 Å². The summed E-state index contributed by atoms with van der Waals surface area (Å²) in [6.45, 7) is 4.34. The van der Waals surface area contributed by atoms with Crippen LogP contribution in [0.15, 0.2) is 18.2 Å². The number of amides is 1. The Morgan fingerprint density at radius 2 is 2.11 bits per heavy atom. The summed E-state index contributed by atoms with van der Waals surface area (Å²) in [7, 11) is 0. The first-order valence-electron chi connectivity index (χ1n) is 5.63. The van der Waals surface area contributed by atoms with Gasteiger partial charge >= 0.3 is 5.97 Å². The first-order chi connectivity index (χ1) is 8.40. The quantitative estimate of drug-likeness (QED) is 0.776. The number of carboxylic acids is 1. The number of anilines is 1. The van der Waals surface area contributed by atoms with E-state index in [4.69, 9.17) is 10.8 Å². The summed E-state index contributed by atoms with van der Waals surface area (Å²) in [6.07, 6.45) is 0. The maximum Gasteiger partial charge on any atom is 0.323 e. The maximum atomic E-state index is 11.0. The van der Waals surface area contributed by atoms with E-state index in [1.54, 1.807) is 17.0 Å². The van der Waals surface area contributed by atoms with Gasteiger partial charge in [0.2, 0.25) is 0 Å². The molecular weight excluding hydrogens is 234 g/mol. The van der Waals surface area contributed by atoms with Crippen molar-refractivity contribution in [1.29, 1.82) is 0 Å². The van der Waals surface area contributed by atoms with E-state index in [-0.39, 0.29) is 18.2 Å². The Kier molecular flexibility index (Phi) is 4.65. The monoisotopic (exact) mass is 251 g/mol. The molecule has 0 saturated heterocycles. The number of carbonyl (C=O) groups is 2. The lowest BCUT2D eigenvalue weighted by atomic mass is 10.2. The lowest BCUT2D eigenvalue weighted by molar-refractivity contribution is -0.135. The van der Waals surface area contributed by atoms with Crippen molar-refractivity contribution in [2.45, 2.75) is 13.8 Å². The van der Waals surface area contributed by atoms with Gasteiger partial charge in [0.25, 0.3) is 5.91 Å². The molecule has 18 heavy (non-hydrogen) atoms. The Hall–Kier alpha value is -2.11. The van der Waals surface area contributed by atoms with Gasteiger partial charge in [0, 0.05) is 6.54 Å². The van der Waals surface area contributed by atoms with Gasteiger partial charge in [0.05, 0.1) is 0 Å². The van der Waals surface area contributed by atoms with Crippen LogP contribution in [0.1, 0.15) is 24.3 Å². The third-order valence-electron chi connectivity index (χ3n) is 2.22. The molecule has 1 rings (SSSR count). The number of primary amides is 1. The normalized spacial score (nSPS) is 10.4. The van der Waals surface area contributed by atoms with E-state index in [0.717, 1.165) is 0 Å². The van der Waals surface area contributed by atoms with Crippen LogP contribution < -0.4 is 10.6 Å². The van der Waals surface area contributed by atoms with Crippen LogP contribution in [0.4, 0.5) is 5.82 Å². The zero-order valence-corrected chi connectivity index (χ0v) is 10.5. The minimum atomic E-state index is -0.943. The first-order valence-corrected chi connectivity index (χ1v) is 5.63. The van der Waals surface area contributed by atoms with Crippen molar-refractivity contribution in [1.82, 2.24) is 4.98 Å². The second-order valence-electron chi connectivity index (χ2n) is 4.41. The molecule has 0 unspecified atom stereocenters. The van der Waals surface area contributed by atoms with E-state index in [1.807, 2.05) is 13.8 Å². The smallest absolute Gasteiger partial charge is 0.323 e. The van der Waals surface area contributed by atoms with Gasteiger partial charge in [-0.3, -0.25) is 9.59 Å². The number of pyridine rings is 1. The molecule has 3 N–H and O–H groups in total. The van der Waals surface area contributed by atoms with E-state index in [0.29, 0.717) is 12.4 Å². The standard InChI is InChI=1S/C12H17N3O3/c1-8(2)6-15(7-11(16)17)10-5-3-4-9(14-10)12(13)18/h3-5,8H,6-7H2,1-2H3,(H2,13,18)(H,16,17). The Morgan fingerprint density at radius 3 is 2.61 bits per heavy atom. The fourth-order valence-corrected chi connectivity index (χ4v) is 1.58. The molecule has 0 aromatic carbocycles. The molecule has 0 aliphatic rings. The summed E-state index contributed by atoms with van der Waals surface area (Å²) in [5, 5.41) is 8.88. The Morgan fingerprint density at radius 1 is 1.44 bits per heavy atom. The second-order valence-corrected chi connectivity index (χ2v) is 4.41. The molecule has 0 fully saturated rings. The largest absolute Gasteiger partial charge is 0.480 e. The van der Waals surface area contributed by atoms with Crippen LogP contribution in [-0.4, -0.2) is 35.1 Å². The van der Waals surface area contributed by atoms with E-state index in [9.17, 15) is 9.59 Å². The number of aromatic nitrogens is 1. The number of aliphatic carboxylic acids is 1. The first kappa shape index (κ1) is 14.0. The van der Waals surface area contributed by atoms with Crippen LogP contribution >= 0.6 is 0 Å². The van der Waals surface area contributed by atoms with Crippen molar-refractivity contribution in [3.05, 3.63) is 23.9 Å². The molecule has 0 atom stereocenters. The fraction of sp³-hybridized carbons (Fsp3) is 0.417. The van der Waals surface area contributed by atoms with E-state index in [1.165, 1.54) is 6.07 Å². The van der Waals surface area contributed by atoms with Gasteiger partial charge in [-0.05, 0) is 18.1 Å². The molecule has 0 radical (unpaired) electrons. The van der Waals surface area contributed by atoms with Gasteiger partial charge in [0.1, 0.15) is 18.1 Å². The summed E-state index contributed by atoms with van der Waals surface area (Å²) in [6, 6.07) is 4.80. The average molecular weight is 251 g/mol. The minimum Gasteiger partial charge on any atom is -0.480 e. The van der Waals surface area contributed by atoms with Crippen LogP contribution in [0.5, 0.6) is 0 Å². The van der Waals surface area contributed by atoms with Crippen LogP contribution in [0.3, 0.4) is 0 Å². The molecule has 6 nitrogen and oxygen atoms in total. The highest BCUT2D eigenvalue weighted by Gasteiger charge is 2.14. The Bertz CT molecular complexity index is 446. The Balaban J connectivity index is 3.00. The zero-order chi connectivity index (χ0) is 13.7. The second kappa shape index (κ2) is 6.00. The van der Waals surface area contributed by atoms with Crippen molar-refractivity contribution in [3.63, 3.8) is 0 Å². The molecule has 0 aliphatic carbocycles. The summed E-state index contributed by atoms with van der Waals surface area (Å²) in [4.78, 5) is 27.5. The number of nitrogens with zero attached hydrogens (tertiary/aromatic N) is 2. The third-order valence-corrected chi connectivity index (χ3v) is 2.22. The van der Waals surface area contributed by atoms with Crippen molar-refractivity contribution < 1.29 is 14.7 Å². The highest BCUT2D eigenvalue weighted by atomic mass is 16.4. The highest BCUT2D eigenvalue weighted by molar-refractivity contribution is 5.91. The molecular formula is C12H17N3O3. The average Bonchev–Trinajstić information content (AvgIpc) is 2.27. The number of rotatable bonds is 6. The number of nitrogens with two attached hydrogens (primary N) is 1. The number of carboxylic acid groups (broad SMARTS) is 1. The molecule has 1 heterocycles. The summed E-state index contributed by atoms with van der Waals surface area (Å²) in [5.41, 5.74) is 5.28. The zero-order valence-electron chi connectivity index (χ0n) is 10.5. The van der Waals surface area contributed by atoms with Gasteiger partial charge in [-0.25, -0.2) is 4.98 Å². The predicted molar refractivity (Wildman–Crippen MR) is 67.4 cm³/mol.